The van der Waals surface area contributed by atoms with E-state index in [-0.39, 0.29) is 10.8 Å². The average Bonchev–Trinajstić information content (AvgIpc) is 3.93. The van der Waals surface area contributed by atoms with Crippen LogP contribution in [0.2, 0.25) is 0 Å². The Morgan fingerprint density at radius 1 is 0.294 bits per heavy atom. The van der Waals surface area contributed by atoms with E-state index in [0.717, 1.165) is 17.1 Å². The number of rotatable bonds is 7. The third kappa shape index (κ3) is 6.17. The van der Waals surface area contributed by atoms with Crippen LogP contribution in [0, 0.1) is 0 Å². The normalized spacial score (nSPS) is 13.8. The monoisotopic (exact) mass is 870 g/mol. The van der Waals surface area contributed by atoms with E-state index in [1.54, 1.807) is 0 Å². The molecule has 0 saturated carbocycles. The van der Waals surface area contributed by atoms with Gasteiger partial charge in [-0.2, -0.15) is 0 Å². The Labute approximate surface area is 399 Å². The van der Waals surface area contributed by atoms with Crippen LogP contribution in [0.5, 0.6) is 0 Å². The van der Waals surface area contributed by atoms with Crippen molar-refractivity contribution in [1.29, 1.82) is 0 Å². The summed E-state index contributed by atoms with van der Waals surface area (Å²) in [6.07, 6.45) is 0. The predicted molar refractivity (Wildman–Crippen MR) is 287 cm³/mol. The second-order valence-electron chi connectivity index (χ2n) is 19.8. The molecule has 0 aliphatic heterocycles. The highest BCUT2D eigenvalue weighted by Crippen LogP contribution is 2.54. The van der Waals surface area contributed by atoms with Crippen molar-refractivity contribution in [2.75, 3.05) is 4.90 Å². The molecule has 0 fully saturated rings. The Hall–Kier alpha value is -8.20. The smallest absolute Gasteiger partial charge is 0.0547 e. The lowest BCUT2D eigenvalue weighted by Crippen LogP contribution is -2.18. The fourth-order valence-corrected chi connectivity index (χ4v) is 11.6. The van der Waals surface area contributed by atoms with Crippen molar-refractivity contribution in [3.63, 3.8) is 0 Å². The molecule has 0 atom stereocenters. The molecule has 0 unspecified atom stereocenters. The summed E-state index contributed by atoms with van der Waals surface area (Å²) >= 11 is 0. The molecule has 2 heteroatoms. The van der Waals surface area contributed by atoms with Crippen molar-refractivity contribution in [2.24, 2.45) is 0 Å². The van der Waals surface area contributed by atoms with E-state index in [9.17, 15) is 0 Å². The summed E-state index contributed by atoms with van der Waals surface area (Å²) in [4.78, 5) is 2.46. The van der Waals surface area contributed by atoms with Crippen molar-refractivity contribution in [2.45, 2.75) is 38.5 Å². The molecule has 0 amide bonds. The minimum Gasteiger partial charge on any atom is -0.310 e. The average molecular weight is 871 g/mol. The summed E-state index contributed by atoms with van der Waals surface area (Å²) < 4.78 is 2.40. The highest BCUT2D eigenvalue weighted by molar-refractivity contribution is 6.10. The Kier molecular flexibility index (Phi) is 8.95. The highest BCUT2D eigenvalue weighted by Gasteiger charge is 2.38. The zero-order valence-corrected chi connectivity index (χ0v) is 38.8. The van der Waals surface area contributed by atoms with Gasteiger partial charge in [0.15, 0.2) is 0 Å². The molecular weight excluding hydrogens is 821 g/mol. The number of para-hydroxylation sites is 2. The van der Waals surface area contributed by atoms with E-state index < -0.39 is 0 Å². The Morgan fingerprint density at radius 3 is 1.46 bits per heavy atom. The summed E-state index contributed by atoms with van der Waals surface area (Å²) in [6.45, 7) is 9.53. The lowest BCUT2D eigenvalue weighted by molar-refractivity contribution is 0.660. The summed E-state index contributed by atoms with van der Waals surface area (Å²) in [6, 6.07) is 85.5. The van der Waals surface area contributed by atoms with Crippen molar-refractivity contribution in [3.8, 4) is 61.3 Å². The van der Waals surface area contributed by atoms with Gasteiger partial charge in [0, 0.05) is 44.4 Å². The van der Waals surface area contributed by atoms with Crippen molar-refractivity contribution in [3.05, 3.63) is 253 Å². The number of hydrogen-bond acceptors (Lipinski definition) is 1. The first-order valence-corrected chi connectivity index (χ1v) is 23.9. The minimum atomic E-state index is -0.228. The van der Waals surface area contributed by atoms with E-state index in [2.05, 4.69) is 268 Å². The summed E-state index contributed by atoms with van der Waals surface area (Å²) in [5.74, 6) is 0. The van der Waals surface area contributed by atoms with E-state index >= 15 is 0 Å². The summed E-state index contributed by atoms with van der Waals surface area (Å²) in [5, 5.41) is 2.53. The van der Waals surface area contributed by atoms with Crippen LogP contribution in [-0.4, -0.2) is 4.57 Å². The van der Waals surface area contributed by atoms with E-state index in [1.165, 1.54) is 105 Å². The van der Waals surface area contributed by atoms with Crippen LogP contribution >= 0.6 is 0 Å². The summed E-state index contributed by atoms with van der Waals surface area (Å²) in [5.41, 5.74) is 24.7. The Balaban J connectivity index is 0.877. The van der Waals surface area contributed by atoms with E-state index in [4.69, 9.17) is 0 Å². The molecule has 1 heterocycles. The van der Waals surface area contributed by atoms with Gasteiger partial charge in [-0.05, 0) is 151 Å². The molecule has 0 saturated heterocycles. The first kappa shape index (κ1) is 40.1. The van der Waals surface area contributed by atoms with Crippen LogP contribution < -0.4 is 4.90 Å². The predicted octanol–water partition coefficient (Wildman–Crippen LogP) is 17.9. The van der Waals surface area contributed by atoms with Crippen molar-refractivity contribution >= 4 is 38.9 Å². The van der Waals surface area contributed by atoms with Gasteiger partial charge in [0.2, 0.25) is 0 Å². The molecule has 0 N–H and O–H groups in total. The van der Waals surface area contributed by atoms with Gasteiger partial charge in [-0.25, -0.2) is 0 Å². The lowest BCUT2D eigenvalue weighted by atomic mass is 9.81. The molecule has 2 aliphatic carbocycles. The van der Waals surface area contributed by atoms with Crippen LogP contribution in [-0.2, 0) is 10.8 Å². The molecule has 11 aromatic rings. The van der Waals surface area contributed by atoms with Gasteiger partial charge in [-0.15, -0.1) is 0 Å². The number of benzene rings is 10. The van der Waals surface area contributed by atoms with Gasteiger partial charge in [-0.1, -0.05) is 185 Å². The maximum atomic E-state index is 2.46. The SMILES string of the molecule is CC1(C)c2ccccc2-c2ccc(N(c3ccc(-c4ccccc4)cc3)c3ccc4c(c3)C(C)(C)c3cc(-c5cccc(-c6ccc7c8ccccc8n(-c8ccccc8)c7c6)c5)ccc3-4)cc21. The maximum Gasteiger partial charge on any atom is 0.0547 e. The van der Waals surface area contributed by atoms with E-state index in [0.29, 0.717) is 0 Å². The van der Waals surface area contributed by atoms with E-state index in [1.807, 2.05) is 0 Å². The van der Waals surface area contributed by atoms with Crippen LogP contribution in [0.25, 0.3) is 83.1 Å². The second kappa shape index (κ2) is 15.2. The number of anilines is 3. The number of fused-ring (bicyclic) bond motifs is 9. The van der Waals surface area contributed by atoms with Crippen LogP contribution in [0.1, 0.15) is 49.9 Å². The zero-order chi connectivity index (χ0) is 45.7. The van der Waals surface area contributed by atoms with Gasteiger partial charge in [0.1, 0.15) is 0 Å². The van der Waals surface area contributed by atoms with Gasteiger partial charge in [-0.3, -0.25) is 0 Å². The lowest BCUT2D eigenvalue weighted by Gasteiger charge is -2.30. The fourth-order valence-electron chi connectivity index (χ4n) is 11.6. The van der Waals surface area contributed by atoms with Crippen molar-refractivity contribution < 1.29 is 0 Å². The molecule has 2 aliphatic rings. The topological polar surface area (TPSA) is 8.17 Å². The van der Waals surface area contributed by atoms with Crippen molar-refractivity contribution in [1.82, 2.24) is 4.57 Å². The number of aromatic nitrogens is 1. The molecule has 1 aromatic heterocycles. The molecule has 0 spiro atoms. The molecule has 0 bridgehead atoms. The Morgan fingerprint density at radius 2 is 0.750 bits per heavy atom. The molecular formula is C66H50N2. The Bertz CT molecular complexity index is 3780. The molecule has 324 valence electrons. The van der Waals surface area contributed by atoms with Crippen LogP contribution in [0.15, 0.2) is 231 Å². The summed E-state index contributed by atoms with van der Waals surface area (Å²) in [7, 11) is 0. The van der Waals surface area contributed by atoms with Gasteiger partial charge in [0.05, 0.1) is 11.0 Å². The van der Waals surface area contributed by atoms with Crippen LogP contribution in [0.3, 0.4) is 0 Å². The second-order valence-corrected chi connectivity index (χ2v) is 19.8. The molecule has 2 nitrogen and oxygen atoms in total. The molecule has 10 aromatic carbocycles. The van der Waals surface area contributed by atoms with Gasteiger partial charge < -0.3 is 9.47 Å². The van der Waals surface area contributed by atoms with Gasteiger partial charge in [0.25, 0.3) is 0 Å². The van der Waals surface area contributed by atoms with Crippen LogP contribution in [0.4, 0.5) is 17.1 Å². The van der Waals surface area contributed by atoms with Gasteiger partial charge >= 0.3 is 0 Å². The fraction of sp³-hybridized carbons (Fsp3) is 0.0909. The molecule has 68 heavy (non-hydrogen) atoms. The standard InChI is InChI=1S/C66H50N2/c1-65(2)59-24-13-11-22-53(59)55-36-32-51(41-61(55)65)67(50-30-26-44(27-31-50)43-16-7-5-8-17-43)52-33-37-56-54-34-28-47(39-60(54)66(3,4)62(56)42-52)45-18-15-19-46(38-45)48-29-35-58-57-23-12-14-25-63(57)68(64(58)40-48)49-20-9-6-10-21-49/h5-42H,1-4H3. The molecule has 0 radical (unpaired) electrons. The third-order valence-corrected chi connectivity index (χ3v) is 15.2. The molecule has 13 rings (SSSR count). The third-order valence-electron chi connectivity index (χ3n) is 15.2. The quantitative estimate of drug-likeness (QED) is 0.155. The zero-order valence-electron chi connectivity index (χ0n) is 38.8. The number of hydrogen-bond donors (Lipinski definition) is 0. The number of nitrogens with zero attached hydrogens (tertiary/aromatic N) is 2. The first-order chi connectivity index (χ1) is 33.2. The first-order valence-electron chi connectivity index (χ1n) is 23.9. The largest absolute Gasteiger partial charge is 0.310 e. The maximum absolute atomic E-state index is 2.46. The minimum absolute atomic E-state index is 0.110. The highest BCUT2D eigenvalue weighted by atomic mass is 15.1.